The van der Waals surface area contributed by atoms with Gasteiger partial charge < -0.3 is 19.8 Å². The van der Waals surface area contributed by atoms with E-state index in [1.807, 2.05) is 39.0 Å². The highest BCUT2D eigenvalue weighted by Gasteiger charge is 2.09. The molecule has 0 aliphatic carbocycles. The molecule has 1 amide bonds. The molecule has 2 aromatic rings. The van der Waals surface area contributed by atoms with Crippen LogP contribution in [-0.2, 0) is 10.5 Å². The Hall–Kier alpha value is -2.41. The molecule has 0 saturated carbocycles. The largest absolute Gasteiger partial charge is 0.492 e. The Morgan fingerprint density at radius 1 is 1.22 bits per heavy atom. The molecule has 0 unspecified atom stereocenters. The normalized spacial score (nSPS) is 10.7. The number of anilines is 1. The second-order valence-corrected chi connectivity index (χ2v) is 7.35. The summed E-state index contributed by atoms with van der Waals surface area (Å²) >= 11 is 1.42. The van der Waals surface area contributed by atoms with Crippen LogP contribution in [0.5, 0.6) is 11.5 Å². The van der Waals surface area contributed by atoms with Crippen molar-refractivity contribution in [2.45, 2.75) is 26.5 Å². The van der Waals surface area contributed by atoms with E-state index < -0.39 is 0 Å². The van der Waals surface area contributed by atoms with Crippen LogP contribution in [0.1, 0.15) is 26.5 Å². The van der Waals surface area contributed by atoms with E-state index in [4.69, 9.17) is 9.47 Å². The molecule has 146 valence electrons. The second-order valence-electron chi connectivity index (χ2n) is 6.36. The first-order valence-corrected chi connectivity index (χ1v) is 10.1. The highest BCUT2D eigenvalue weighted by atomic mass is 32.2. The third kappa shape index (κ3) is 7.02. The van der Waals surface area contributed by atoms with Gasteiger partial charge in [0.05, 0.1) is 24.7 Å². The van der Waals surface area contributed by atoms with E-state index in [1.165, 1.54) is 17.8 Å². The highest BCUT2D eigenvalue weighted by Crippen LogP contribution is 2.24. The summed E-state index contributed by atoms with van der Waals surface area (Å²) in [5, 5.41) is 2.85. The summed E-state index contributed by atoms with van der Waals surface area (Å²) in [5.74, 6) is 2.01. The topological polar surface area (TPSA) is 80.4 Å². The molecule has 1 aromatic heterocycles. The SMILES string of the molecule is CCOc1ccccc1NC(=O)CSCc1cc(=O)c(OCC(C)C)c[nH]1. The molecule has 0 bridgehead atoms. The van der Waals surface area contributed by atoms with Gasteiger partial charge in [-0.2, -0.15) is 0 Å². The number of hydrogen-bond donors (Lipinski definition) is 2. The summed E-state index contributed by atoms with van der Waals surface area (Å²) in [6.07, 6.45) is 1.58. The maximum atomic E-state index is 12.1. The first-order valence-electron chi connectivity index (χ1n) is 8.93. The number of pyridine rings is 1. The lowest BCUT2D eigenvalue weighted by Crippen LogP contribution is -2.15. The fourth-order valence-corrected chi connectivity index (χ4v) is 2.99. The van der Waals surface area contributed by atoms with Gasteiger partial charge in [0.2, 0.25) is 11.3 Å². The molecule has 2 N–H and O–H groups in total. The minimum Gasteiger partial charge on any atom is -0.492 e. The Balaban J connectivity index is 1.83. The number of amides is 1. The van der Waals surface area contributed by atoms with Gasteiger partial charge in [-0.15, -0.1) is 11.8 Å². The number of ether oxygens (including phenoxy) is 2. The number of hydrogen-bond acceptors (Lipinski definition) is 5. The molecule has 27 heavy (non-hydrogen) atoms. The summed E-state index contributed by atoms with van der Waals surface area (Å²) in [7, 11) is 0. The molecule has 0 aliphatic rings. The molecular weight excluding hydrogens is 364 g/mol. The smallest absolute Gasteiger partial charge is 0.234 e. The monoisotopic (exact) mass is 390 g/mol. The average molecular weight is 391 g/mol. The van der Waals surface area contributed by atoms with Crippen molar-refractivity contribution < 1.29 is 14.3 Å². The Morgan fingerprint density at radius 3 is 2.70 bits per heavy atom. The minimum atomic E-state index is -0.153. The van der Waals surface area contributed by atoms with E-state index in [-0.39, 0.29) is 17.1 Å². The van der Waals surface area contributed by atoms with E-state index in [9.17, 15) is 9.59 Å². The molecule has 0 atom stereocenters. The fraction of sp³-hybridized carbons (Fsp3) is 0.400. The number of thioether (sulfide) groups is 1. The number of para-hydroxylation sites is 2. The molecular formula is C20H26N2O4S. The maximum Gasteiger partial charge on any atom is 0.234 e. The summed E-state index contributed by atoms with van der Waals surface area (Å²) in [6, 6.07) is 8.85. The number of aromatic nitrogens is 1. The van der Waals surface area contributed by atoms with Gasteiger partial charge in [0, 0.05) is 23.7 Å². The number of H-pyrrole nitrogens is 1. The quantitative estimate of drug-likeness (QED) is 0.647. The van der Waals surface area contributed by atoms with Crippen LogP contribution < -0.4 is 20.2 Å². The predicted molar refractivity (Wildman–Crippen MR) is 110 cm³/mol. The molecule has 1 heterocycles. The molecule has 2 rings (SSSR count). The van der Waals surface area contributed by atoms with Crippen LogP contribution in [0.4, 0.5) is 5.69 Å². The molecule has 0 spiro atoms. The predicted octanol–water partition coefficient (Wildman–Crippen LogP) is 3.68. The Morgan fingerprint density at radius 2 is 2.00 bits per heavy atom. The van der Waals surface area contributed by atoms with E-state index >= 15 is 0 Å². The van der Waals surface area contributed by atoms with E-state index in [2.05, 4.69) is 10.3 Å². The van der Waals surface area contributed by atoms with Gasteiger partial charge in [0.15, 0.2) is 5.75 Å². The Kier molecular flexibility index (Phi) is 8.26. The van der Waals surface area contributed by atoms with Crippen molar-refractivity contribution in [1.29, 1.82) is 0 Å². The third-order valence-corrected chi connectivity index (χ3v) is 4.44. The standard InChI is InChI=1S/C20H26N2O4S/c1-4-25-18-8-6-5-7-16(18)22-20(24)13-27-12-15-9-17(23)19(10-21-15)26-11-14(2)3/h5-10,14H,4,11-13H2,1-3H3,(H,21,23)(H,22,24). The Labute approximate surface area is 163 Å². The highest BCUT2D eigenvalue weighted by molar-refractivity contribution is 7.99. The van der Waals surface area contributed by atoms with Crippen molar-refractivity contribution in [3.63, 3.8) is 0 Å². The van der Waals surface area contributed by atoms with Crippen LogP contribution in [-0.4, -0.2) is 29.9 Å². The first-order chi connectivity index (χ1) is 13.0. The van der Waals surface area contributed by atoms with E-state index in [0.717, 1.165) is 5.69 Å². The van der Waals surface area contributed by atoms with E-state index in [0.29, 0.717) is 42.1 Å². The second kappa shape index (κ2) is 10.7. The Bertz CT molecular complexity index is 805. The minimum absolute atomic E-state index is 0.119. The summed E-state index contributed by atoms with van der Waals surface area (Å²) in [6.45, 7) is 6.98. The fourth-order valence-electron chi connectivity index (χ4n) is 2.24. The molecule has 0 saturated heterocycles. The molecule has 1 aromatic carbocycles. The lowest BCUT2D eigenvalue weighted by molar-refractivity contribution is -0.113. The number of carbonyl (C=O) groups is 1. The van der Waals surface area contributed by atoms with Crippen molar-refractivity contribution in [3.8, 4) is 11.5 Å². The molecule has 0 fully saturated rings. The summed E-state index contributed by atoms with van der Waals surface area (Å²) in [4.78, 5) is 27.2. The van der Waals surface area contributed by atoms with Crippen molar-refractivity contribution in [1.82, 2.24) is 4.98 Å². The van der Waals surface area contributed by atoms with Crippen molar-refractivity contribution in [3.05, 3.63) is 52.4 Å². The van der Waals surface area contributed by atoms with Gasteiger partial charge in [-0.1, -0.05) is 26.0 Å². The zero-order chi connectivity index (χ0) is 19.6. The lowest BCUT2D eigenvalue weighted by atomic mass is 10.2. The van der Waals surface area contributed by atoms with Crippen LogP contribution >= 0.6 is 11.8 Å². The van der Waals surface area contributed by atoms with Crippen molar-refractivity contribution >= 4 is 23.4 Å². The lowest BCUT2D eigenvalue weighted by Gasteiger charge is -2.11. The molecule has 7 heteroatoms. The van der Waals surface area contributed by atoms with Gasteiger partial charge in [-0.05, 0) is 25.0 Å². The van der Waals surface area contributed by atoms with Gasteiger partial charge in [-0.3, -0.25) is 9.59 Å². The number of rotatable bonds is 10. The zero-order valence-electron chi connectivity index (χ0n) is 15.9. The number of carbonyl (C=O) groups excluding carboxylic acids is 1. The first kappa shape index (κ1) is 20.9. The van der Waals surface area contributed by atoms with Gasteiger partial charge in [-0.25, -0.2) is 0 Å². The molecule has 6 nitrogen and oxygen atoms in total. The van der Waals surface area contributed by atoms with Crippen LogP contribution in [0.3, 0.4) is 0 Å². The van der Waals surface area contributed by atoms with Gasteiger partial charge in [0.1, 0.15) is 5.75 Å². The molecule has 0 radical (unpaired) electrons. The van der Waals surface area contributed by atoms with Crippen LogP contribution in [0, 0.1) is 5.92 Å². The van der Waals surface area contributed by atoms with Crippen LogP contribution in [0.25, 0.3) is 0 Å². The number of benzene rings is 1. The van der Waals surface area contributed by atoms with Crippen LogP contribution in [0.2, 0.25) is 0 Å². The van der Waals surface area contributed by atoms with Crippen LogP contribution in [0.15, 0.2) is 41.3 Å². The van der Waals surface area contributed by atoms with Crippen molar-refractivity contribution in [2.75, 3.05) is 24.3 Å². The molecule has 0 aliphatic heterocycles. The van der Waals surface area contributed by atoms with Gasteiger partial charge in [0.25, 0.3) is 0 Å². The average Bonchev–Trinajstić information content (AvgIpc) is 2.63. The zero-order valence-corrected chi connectivity index (χ0v) is 16.7. The van der Waals surface area contributed by atoms with Crippen molar-refractivity contribution in [2.24, 2.45) is 5.92 Å². The number of nitrogens with one attached hydrogen (secondary N) is 2. The third-order valence-electron chi connectivity index (χ3n) is 3.46. The number of aromatic amines is 1. The summed E-state index contributed by atoms with van der Waals surface area (Å²) in [5.41, 5.74) is 1.26. The van der Waals surface area contributed by atoms with Gasteiger partial charge >= 0.3 is 0 Å². The van der Waals surface area contributed by atoms with E-state index in [1.54, 1.807) is 12.3 Å². The maximum absolute atomic E-state index is 12.1. The summed E-state index contributed by atoms with van der Waals surface area (Å²) < 4.78 is 11.0.